The van der Waals surface area contributed by atoms with E-state index in [9.17, 15) is 8.78 Å². The molecule has 1 rings (SSSR count). The van der Waals surface area contributed by atoms with E-state index in [0.29, 0.717) is 6.10 Å². The van der Waals surface area contributed by atoms with Crippen LogP contribution in [-0.2, 0) is 4.74 Å². The summed E-state index contributed by atoms with van der Waals surface area (Å²) >= 11 is 0. The van der Waals surface area contributed by atoms with Gasteiger partial charge in [0.05, 0.1) is 12.7 Å². The van der Waals surface area contributed by atoms with Crippen LogP contribution in [0.15, 0.2) is 36.5 Å². The van der Waals surface area contributed by atoms with Gasteiger partial charge in [-0.1, -0.05) is 11.6 Å². The molecule has 1 heterocycles. The van der Waals surface area contributed by atoms with Crippen LogP contribution in [-0.4, -0.2) is 12.7 Å². The highest BCUT2D eigenvalue weighted by Gasteiger charge is 2.13. The molecule has 0 spiro atoms. The molecule has 0 aromatic carbocycles. The van der Waals surface area contributed by atoms with Gasteiger partial charge in [-0.15, -0.1) is 25.5 Å². The largest absolute Gasteiger partial charge is 0.373 e. The topological polar surface area (TPSA) is 12.5 Å². The normalized spacial score (nSPS) is 14.5. The molecule has 1 fully saturated rings. The SMILES string of the molecule is C#CC.C/C(F)=C(/C)F.C=C(C)C.C=CC.CC1CO1. The van der Waals surface area contributed by atoms with Crippen molar-refractivity contribution >= 4 is 0 Å². The Balaban J connectivity index is -0.0000000824. The Morgan fingerprint density at radius 3 is 1.35 bits per heavy atom. The van der Waals surface area contributed by atoms with E-state index in [2.05, 4.69) is 32.4 Å². The van der Waals surface area contributed by atoms with E-state index in [4.69, 9.17) is 4.74 Å². The highest BCUT2D eigenvalue weighted by Crippen LogP contribution is 2.04. The molecule has 1 saturated heterocycles. The smallest absolute Gasteiger partial charge is 0.128 e. The quantitative estimate of drug-likeness (QED) is 0.303. The molecule has 0 aromatic rings. The van der Waals surface area contributed by atoms with E-state index < -0.39 is 11.7 Å². The van der Waals surface area contributed by atoms with E-state index in [-0.39, 0.29) is 0 Å². The summed E-state index contributed by atoms with van der Waals surface area (Å²) < 4.78 is 27.4. The number of allylic oxidation sites excluding steroid dienone is 4. The number of hydrogen-bond donors (Lipinski definition) is 0. The van der Waals surface area contributed by atoms with Crippen LogP contribution in [0.1, 0.15) is 48.5 Å². The molecule has 1 aliphatic rings. The summed E-state index contributed by atoms with van der Waals surface area (Å²) in [6, 6.07) is 0. The first-order valence-corrected chi connectivity index (χ1v) is 6.27. The van der Waals surface area contributed by atoms with Gasteiger partial charge in [-0.25, -0.2) is 8.78 Å². The van der Waals surface area contributed by atoms with E-state index >= 15 is 0 Å². The van der Waals surface area contributed by atoms with E-state index in [0.717, 1.165) is 20.5 Å². The van der Waals surface area contributed by atoms with Gasteiger partial charge >= 0.3 is 0 Å². The van der Waals surface area contributed by atoms with Crippen LogP contribution in [0.25, 0.3) is 0 Å². The van der Waals surface area contributed by atoms with Crippen LogP contribution in [0.5, 0.6) is 0 Å². The summed E-state index contributed by atoms with van der Waals surface area (Å²) in [5.74, 6) is 0.769. The Labute approximate surface area is 124 Å². The number of halogens is 2. The van der Waals surface area contributed by atoms with Crippen molar-refractivity contribution < 1.29 is 13.5 Å². The van der Waals surface area contributed by atoms with Gasteiger partial charge in [-0.05, 0) is 48.5 Å². The first kappa shape index (κ1) is 27.0. The molecule has 0 N–H and O–H groups in total. The molecular formula is C17H30F2O. The average Bonchev–Trinajstić information content (AvgIpc) is 3.02. The Morgan fingerprint density at radius 1 is 1.25 bits per heavy atom. The van der Waals surface area contributed by atoms with E-state index in [1.807, 2.05) is 20.8 Å². The lowest BCUT2D eigenvalue weighted by molar-refractivity contribution is 0.423. The zero-order chi connectivity index (χ0) is 17.1. The molecule has 0 aromatic heterocycles. The molecule has 3 heteroatoms. The molecule has 0 radical (unpaired) electrons. The number of rotatable bonds is 0. The Morgan fingerprint density at radius 2 is 1.35 bits per heavy atom. The molecule has 0 amide bonds. The van der Waals surface area contributed by atoms with Crippen LogP contribution >= 0.6 is 0 Å². The minimum atomic E-state index is -0.741. The lowest BCUT2D eigenvalue weighted by Gasteiger charge is -1.78. The van der Waals surface area contributed by atoms with Gasteiger partial charge in [0.2, 0.25) is 0 Å². The van der Waals surface area contributed by atoms with Crippen LogP contribution in [0.4, 0.5) is 8.78 Å². The third-order valence-corrected chi connectivity index (χ3v) is 0.975. The second-order valence-corrected chi connectivity index (χ2v) is 4.11. The van der Waals surface area contributed by atoms with Crippen molar-refractivity contribution in [2.75, 3.05) is 6.61 Å². The van der Waals surface area contributed by atoms with Crippen LogP contribution in [0, 0.1) is 12.3 Å². The maximum atomic E-state index is 11.3. The minimum Gasteiger partial charge on any atom is -0.373 e. The summed E-state index contributed by atoms with van der Waals surface area (Å²) in [6.45, 7) is 19.6. The van der Waals surface area contributed by atoms with Gasteiger partial charge in [0.15, 0.2) is 0 Å². The maximum absolute atomic E-state index is 11.3. The minimum absolute atomic E-state index is 0.583. The van der Waals surface area contributed by atoms with Crippen molar-refractivity contribution in [2.45, 2.75) is 54.6 Å². The van der Waals surface area contributed by atoms with Crippen molar-refractivity contribution in [3.63, 3.8) is 0 Å². The standard InChI is InChI=1S/C4H6F2.C4H8.C3H6O.C3H6.C3H4/c1-3(5)4(2)6;1-4(2)3;1-3-2-4-3;2*1-3-2/h1-2H3;1H2,2-3H3;3H,2H2,1H3;3H,1H2,2H3;1H,2H3/b4-3+;;;;. The zero-order valence-corrected chi connectivity index (χ0v) is 14.0. The number of terminal acetylenes is 1. The van der Waals surface area contributed by atoms with Crippen molar-refractivity contribution in [2.24, 2.45) is 0 Å². The van der Waals surface area contributed by atoms with Crippen molar-refractivity contribution in [3.05, 3.63) is 36.5 Å². The summed E-state index contributed by atoms with van der Waals surface area (Å²) in [5.41, 5.74) is 1.17. The Kier molecular flexibility index (Phi) is 30.7. The van der Waals surface area contributed by atoms with E-state index in [1.54, 1.807) is 13.0 Å². The zero-order valence-electron chi connectivity index (χ0n) is 14.0. The van der Waals surface area contributed by atoms with Crippen LogP contribution in [0.3, 0.4) is 0 Å². The van der Waals surface area contributed by atoms with Gasteiger partial charge < -0.3 is 4.74 Å². The highest BCUT2D eigenvalue weighted by atomic mass is 19.2. The Hall–Kier alpha value is -1.40. The molecule has 0 bridgehead atoms. The summed E-state index contributed by atoms with van der Waals surface area (Å²) in [6.07, 6.45) is 6.93. The predicted molar refractivity (Wildman–Crippen MR) is 86.9 cm³/mol. The van der Waals surface area contributed by atoms with E-state index in [1.165, 1.54) is 5.57 Å². The molecular weight excluding hydrogens is 258 g/mol. The van der Waals surface area contributed by atoms with Crippen LogP contribution in [0.2, 0.25) is 0 Å². The second-order valence-electron chi connectivity index (χ2n) is 4.11. The molecule has 0 aliphatic carbocycles. The third kappa shape index (κ3) is 129. The third-order valence-electron chi connectivity index (χ3n) is 0.975. The van der Waals surface area contributed by atoms with Crippen molar-refractivity contribution in [1.82, 2.24) is 0 Å². The monoisotopic (exact) mass is 288 g/mol. The lowest BCUT2D eigenvalue weighted by Crippen LogP contribution is -1.61. The van der Waals surface area contributed by atoms with Gasteiger partial charge in [0, 0.05) is 0 Å². The molecule has 20 heavy (non-hydrogen) atoms. The fourth-order valence-corrected chi connectivity index (χ4v) is 0.0962. The number of hydrogen-bond acceptors (Lipinski definition) is 1. The fraction of sp³-hybridized carbons (Fsp3) is 0.529. The predicted octanol–water partition coefficient (Wildman–Crippen LogP) is 6.00. The van der Waals surface area contributed by atoms with Gasteiger partial charge in [-0.2, -0.15) is 0 Å². The van der Waals surface area contributed by atoms with Crippen molar-refractivity contribution in [1.29, 1.82) is 0 Å². The first-order chi connectivity index (χ1) is 9.10. The van der Waals surface area contributed by atoms with Crippen molar-refractivity contribution in [3.8, 4) is 12.3 Å². The number of ether oxygens (including phenoxy) is 1. The average molecular weight is 288 g/mol. The lowest BCUT2D eigenvalue weighted by atomic mass is 10.4. The Bertz CT molecular complexity index is 273. The fourth-order valence-electron chi connectivity index (χ4n) is 0.0962. The molecule has 0 saturated carbocycles. The summed E-state index contributed by atoms with van der Waals surface area (Å²) in [5, 5.41) is 0. The summed E-state index contributed by atoms with van der Waals surface area (Å²) in [7, 11) is 0. The second kappa shape index (κ2) is 22.8. The molecule has 1 unspecified atom stereocenters. The first-order valence-electron chi connectivity index (χ1n) is 6.27. The maximum Gasteiger partial charge on any atom is 0.128 e. The molecule has 1 aliphatic heterocycles. The number of epoxide rings is 1. The molecule has 1 nitrogen and oxygen atoms in total. The molecule has 118 valence electrons. The summed E-state index contributed by atoms with van der Waals surface area (Å²) in [4.78, 5) is 0. The highest BCUT2D eigenvalue weighted by molar-refractivity contribution is 4.90. The molecule has 1 atom stereocenters. The van der Waals surface area contributed by atoms with Crippen LogP contribution < -0.4 is 0 Å². The van der Waals surface area contributed by atoms with Gasteiger partial charge in [0.1, 0.15) is 11.7 Å². The van der Waals surface area contributed by atoms with Gasteiger partial charge in [0.25, 0.3) is 0 Å². The van der Waals surface area contributed by atoms with Gasteiger partial charge in [-0.3, -0.25) is 0 Å².